The molecule has 0 aliphatic heterocycles. The maximum absolute atomic E-state index is 15.3. The van der Waals surface area contributed by atoms with Crippen LogP contribution in [0, 0.1) is 11.0 Å². The Hall–Kier alpha value is -3.96. The van der Waals surface area contributed by atoms with Crippen molar-refractivity contribution in [2.24, 2.45) is 0 Å². The number of pyridine rings is 1. The number of rotatable bonds is 10. The van der Waals surface area contributed by atoms with Crippen LogP contribution in [0.1, 0.15) is 24.7 Å². The van der Waals surface area contributed by atoms with Gasteiger partial charge in [0.15, 0.2) is 17.8 Å². The summed E-state index contributed by atoms with van der Waals surface area (Å²) in [5, 5.41) is 28.5. The van der Waals surface area contributed by atoms with Crippen molar-refractivity contribution in [3.05, 3.63) is 81.7 Å². The summed E-state index contributed by atoms with van der Waals surface area (Å²) in [6.07, 6.45) is 5.89. The van der Waals surface area contributed by atoms with Crippen molar-refractivity contribution < 1.29 is 31.4 Å². The van der Waals surface area contributed by atoms with E-state index in [1.807, 2.05) is 0 Å². The fourth-order valence-corrected chi connectivity index (χ4v) is 4.60. The van der Waals surface area contributed by atoms with Crippen LogP contribution < -0.4 is 4.73 Å². The molecule has 4 heterocycles. The van der Waals surface area contributed by atoms with Gasteiger partial charge in [-0.05, 0) is 34.1 Å². The topological polar surface area (TPSA) is 115 Å². The Morgan fingerprint density at radius 2 is 1.88 bits per heavy atom. The molecule has 0 bridgehead atoms. The lowest BCUT2D eigenvalue weighted by Gasteiger charge is -2.18. The predicted molar refractivity (Wildman–Crippen MR) is 136 cm³/mol. The SMILES string of the molecule is [O-][n+]1cc(-c2c(-n3cc(Br)nn3)ccc(Cl)c2F)ccc1[C@H](CCOC(F)F)n1cc(-c2ncnn2C(F)F)cn1. The number of nitrogens with zero attached hydrogens (tertiary/aromatic N) is 9. The van der Waals surface area contributed by atoms with E-state index in [9.17, 15) is 22.8 Å². The molecule has 0 fully saturated rings. The minimum atomic E-state index is -3.06. The van der Waals surface area contributed by atoms with Crippen LogP contribution in [0.5, 0.6) is 0 Å². The van der Waals surface area contributed by atoms with Crippen LogP contribution >= 0.6 is 27.5 Å². The molecule has 0 saturated heterocycles. The molecule has 0 aliphatic rings. The second-order valence-electron chi connectivity index (χ2n) is 8.36. The van der Waals surface area contributed by atoms with E-state index in [2.05, 4.69) is 46.2 Å². The molecule has 0 amide bonds. The van der Waals surface area contributed by atoms with Gasteiger partial charge < -0.3 is 9.94 Å². The van der Waals surface area contributed by atoms with Crippen LogP contribution in [-0.4, -0.2) is 52.8 Å². The Morgan fingerprint density at radius 1 is 1.07 bits per heavy atom. The molecular formula is C23H16BrClF5N9O2. The van der Waals surface area contributed by atoms with Gasteiger partial charge in [-0.2, -0.15) is 37.2 Å². The monoisotopic (exact) mass is 659 g/mol. The minimum absolute atomic E-state index is 0.0177. The van der Waals surface area contributed by atoms with Crippen molar-refractivity contribution in [2.75, 3.05) is 6.61 Å². The van der Waals surface area contributed by atoms with Crippen molar-refractivity contribution >= 4 is 27.5 Å². The van der Waals surface area contributed by atoms with Crippen molar-refractivity contribution in [3.8, 4) is 28.2 Å². The van der Waals surface area contributed by atoms with Crippen molar-refractivity contribution in [1.82, 2.24) is 39.5 Å². The van der Waals surface area contributed by atoms with Gasteiger partial charge in [0.05, 0.1) is 46.4 Å². The number of alkyl halides is 4. The number of hydrogen-bond donors (Lipinski definition) is 0. The molecule has 41 heavy (non-hydrogen) atoms. The Balaban J connectivity index is 1.55. The third-order valence-electron chi connectivity index (χ3n) is 5.93. The van der Waals surface area contributed by atoms with E-state index >= 15 is 4.39 Å². The van der Waals surface area contributed by atoms with E-state index in [4.69, 9.17) is 11.6 Å². The molecule has 11 nitrogen and oxygen atoms in total. The van der Waals surface area contributed by atoms with Crippen LogP contribution in [0.2, 0.25) is 5.02 Å². The van der Waals surface area contributed by atoms with Gasteiger partial charge >= 0.3 is 13.2 Å². The van der Waals surface area contributed by atoms with E-state index in [-0.39, 0.29) is 45.3 Å². The largest absolute Gasteiger partial charge is 0.618 e. The molecule has 0 radical (unpaired) electrons. The van der Waals surface area contributed by atoms with Crippen LogP contribution in [0.4, 0.5) is 22.0 Å². The molecule has 1 aromatic carbocycles. The predicted octanol–water partition coefficient (Wildman–Crippen LogP) is 5.19. The highest BCUT2D eigenvalue weighted by Gasteiger charge is 2.27. The summed E-state index contributed by atoms with van der Waals surface area (Å²) in [6.45, 7) is -6.50. The number of ether oxygens (including phenoxy) is 1. The highest BCUT2D eigenvalue weighted by molar-refractivity contribution is 9.10. The van der Waals surface area contributed by atoms with Gasteiger partial charge in [0.25, 0.3) is 0 Å². The number of halogens is 7. The first-order valence-corrected chi connectivity index (χ1v) is 12.7. The van der Waals surface area contributed by atoms with Crippen molar-refractivity contribution in [2.45, 2.75) is 25.6 Å². The lowest BCUT2D eigenvalue weighted by Crippen LogP contribution is -2.36. The first-order valence-electron chi connectivity index (χ1n) is 11.6. The molecule has 1 atom stereocenters. The van der Waals surface area contributed by atoms with Gasteiger partial charge in [-0.15, -0.1) is 5.10 Å². The lowest BCUT2D eigenvalue weighted by molar-refractivity contribution is -0.615. The Bertz CT molecular complexity index is 1680. The Morgan fingerprint density at radius 3 is 2.56 bits per heavy atom. The molecule has 18 heteroatoms. The average molecular weight is 661 g/mol. The average Bonchev–Trinajstić information content (AvgIpc) is 3.69. The van der Waals surface area contributed by atoms with E-state index in [0.29, 0.717) is 14.0 Å². The van der Waals surface area contributed by atoms with Crippen LogP contribution in [0.15, 0.2) is 60.0 Å². The number of aromatic nitrogens is 9. The van der Waals surface area contributed by atoms with Gasteiger partial charge in [-0.3, -0.25) is 4.68 Å². The molecule has 0 aliphatic carbocycles. The maximum Gasteiger partial charge on any atom is 0.345 e. The van der Waals surface area contributed by atoms with Gasteiger partial charge in [0.2, 0.25) is 5.69 Å². The zero-order chi connectivity index (χ0) is 29.3. The fraction of sp³-hybridized carbons (Fsp3) is 0.217. The summed E-state index contributed by atoms with van der Waals surface area (Å²) in [7, 11) is 0. The highest BCUT2D eigenvalue weighted by Crippen LogP contribution is 2.34. The van der Waals surface area contributed by atoms with Crippen LogP contribution in [-0.2, 0) is 4.74 Å². The van der Waals surface area contributed by atoms with Gasteiger partial charge in [-0.25, -0.2) is 14.1 Å². The maximum atomic E-state index is 15.3. The summed E-state index contributed by atoms with van der Waals surface area (Å²) in [4.78, 5) is 3.82. The normalized spacial score (nSPS) is 12.5. The standard InChI is InChI=1S/C23H16BrClF5N9O2/c24-18-10-37(35-34-18)17-4-2-14(25)20(26)19(17)12-1-3-16(38(40)9-12)15(5-6-41-23(29)30)36-8-13(7-32-36)21-31-11-33-39(21)22(27)28/h1-4,7-11,15,22-23H,5-6H2/t15-/m0/s1. The van der Waals surface area contributed by atoms with E-state index in [1.54, 1.807) is 0 Å². The summed E-state index contributed by atoms with van der Waals surface area (Å²) in [6, 6.07) is 4.63. The first-order chi connectivity index (χ1) is 19.6. The molecule has 0 spiro atoms. The lowest BCUT2D eigenvalue weighted by atomic mass is 10.0. The third kappa shape index (κ3) is 5.91. The fourth-order valence-electron chi connectivity index (χ4n) is 4.17. The highest BCUT2D eigenvalue weighted by atomic mass is 79.9. The smallest absolute Gasteiger partial charge is 0.345 e. The van der Waals surface area contributed by atoms with E-state index < -0.39 is 31.6 Å². The molecule has 4 aromatic heterocycles. The van der Waals surface area contributed by atoms with E-state index in [1.165, 1.54) is 52.2 Å². The molecule has 0 saturated carbocycles. The third-order valence-corrected chi connectivity index (χ3v) is 6.59. The number of hydrogen-bond acceptors (Lipinski definition) is 7. The van der Waals surface area contributed by atoms with Gasteiger partial charge in [-0.1, -0.05) is 16.8 Å². The molecule has 214 valence electrons. The molecule has 5 aromatic rings. The summed E-state index contributed by atoms with van der Waals surface area (Å²) >= 11 is 9.21. The van der Waals surface area contributed by atoms with Crippen LogP contribution in [0.25, 0.3) is 28.2 Å². The van der Waals surface area contributed by atoms with Gasteiger partial charge in [0, 0.05) is 18.7 Å². The molecular weight excluding hydrogens is 645 g/mol. The zero-order valence-corrected chi connectivity index (χ0v) is 22.7. The van der Waals surface area contributed by atoms with Gasteiger partial charge in [0.1, 0.15) is 17.0 Å². The zero-order valence-electron chi connectivity index (χ0n) is 20.3. The second-order valence-corrected chi connectivity index (χ2v) is 9.58. The summed E-state index contributed by atoms with van der Waals surface area (Å²) in [5.74, 6) is -1.01. The molecule has 0 N–H and O–H groups in total. The quantitative estimate of drug-likeness (QED) is 0.115. The van der Waals surface area contributed by atoms with Crippen LogP contribution in [0.3, 0.4) is 0 Å². The summed E-state index contributed by atoms with van der Waals surface area (Å²) < 4.78 is 75.4. The Kier molecular flexibility index (Phi) is 8.27. The molecule has 5 rings (SSSR count). The summed E-state index contributed by atoms with van der Waals surface area (Å²) in [5.41, 5.74) is 0.473. The number of benzene rings is 1. The molecule has 0 unspecified atom stereocenters. The minimum Gasteiger partial charge on any atom is -0.618 e. The van der Waals surface area contributed by atoms with Crippen molar-refractivity contribution in [1.29, 1.82) is 0 Å². The van der Waals surface area contributed by atoms with Crippen molar-refractivity contribution in [3.63, 3.8) is 0 Å². The first kappa shape index (κ1) is 28.6. The Labute approximate surface area is 240 Å². The van der Waals surface area contributed by atoms with E-state index in [0.717, 1.165) is 12.5 Å². The second kappa shape index (κ2) is 11.9.